The van der Waals surface area contributed by atoms with Crippen molar-refractivity contribution in [2.75, 3.05) is 0 Å². The van der Waals surface area contributed by atoms with E-state index in [0.717, 1.165) is 139 Å². The van der Waals surface area contributed by atoms with Crippen LogP contribution in [0.4, 0.5) is 0 Å². The van der Waals surface area contributed by atoms with Gasteiger partial charge < -0.3 is 9.13 Å². The second kappa shape index (κ2) is 28.4. The van der Waals surface area contributed by atoms with Gasteiger partial charge in [0, 0.05) is 123 Å². The van der Waals surface area contributed by atoms with Crippen LogP contribution in [0.1, 0.15) is 59.7 Å². The van der Waals surface area contributed by atoms with Crippen molar-refractivity contribution < 1.29 is 46.2 Å². The Bertz CT molecular complexity index is 6410. The number of nitrogens with zero attached hydrogens (tertiary/aromatic N) is 8. The molecule has 0 atom stereocenters. The molecule has 0 aliphatic carbocycles. The van der Waals surface area contributed by atoms with Crippen molar-refractivity contribution in [3.05, 3.63) is 439 Å². The van der Waals surface area contributed by atoms with Crippen LogP contribution in [0.2, 0.25) is 0 Å². The second-order valence-corrected chi connectivity index (χ2v) is 26.2. The van der Waals surface area contributed by atoms with Gasteiger partial charge >= 0.3 is 0 Å². The van der Waals surface area contributed by atoms with E-state index in [4.69, 9.17) is 14.1 Å². The van der Waals surface area contributed by atoms with E-state index in [1.54, 1.807) is 6.33 Å². The van der Waals surface area contributed by atoms with Crippen molar-refractivity contribution in [3.63, 3.8) is 0 Å². The van der Waals surface area contributed by atoms with Crippen LogP contribution in [-0.2, 0) is 59.9 Å². The Kier molecular flexibility index (Phi) is 17.3. The van der Waals surface area contributed by atoms with Gasteiger partial charge in [-0.1, -0.05) is 205 Å². The minimum atomic E-state index is -2.35. The Hall–Kier alpha value is -11.9. The molecule has 8 nitrogen and oxygen atoms in total. The maximum absolute atomic E-state index is 8.27. The Morgan fingerprint density at radius 3 is 1.09 bits per heavy atom. The molecular weight excluding hydrogens is 1640 g/mol. The van der Waals surface area contributed by atoms with Crippen LogP contribution in [0.15, 0.2) is 359 Å². The Morgan fingerprint density at radius 2 is 0.667 bits per heavy atom. The van der Waals surface area contributed by atoms with E-state index >= 15 is 0 Å². The summed E-state index contributed by atoms with van der Waals surface area (Å²) in [5.74, 6) is 1.71. The molecule has 6 aromatic heterocycles. The normalized spacial score (nSPS) is 12.2. The number of benzene rings is 13. The van der Waals surface area contributed by atoms with Gasteiger partial charge in [0.15, 0.2) is 34.7 Å². The summed E-state index contributed by atoms with van der Waals surface area (Å²) in [4.78, 5) is 9.70. The summed E-state index contributed by atoms with van der Waals surface area (Å²) in [6, 6.07) is 132. The van der Waals surface area contributed by atoms with E-state index in [1.165, 1.54) is 9.95 Å². The molecule has 10 heteroatoms. The molecule has 0 aliphatic rings. The SMILES string of the molecule is Cc1ccnc(-n2c3[c-]c(C(c4[c-]c(-n5[cH+]n(-c6ccccc6)c6ccccc65)ccc4)(c4ccccc4)c4ccccc4)ccc3c3ccccc32)c1.[2H]C([2H])([2H])n1[cH+]n(-c2[c-]c(C(c3[c-]c4c(cc3)c3ccccc3n4-c3cc(C)ccn3)(c3ccccc3)c3ccccc3)ccc2)c2ccccc21.[Pt].[Pt]. The second-order valence-electron chi connectivity index (χ2n) is 26.2. The van der Waals surface area contributed by atoms with Crippen LogP contribution >= 0.6 is 0 Å². The summed E-state index contributed by atoms with van der Waals surface area (Å²) in [7, 11) is 0. The molecule has 13 aromatic carbocycles. The topological polar surface area (TPSA) is 55.4 Å². The molecule has 19 aromatic rings. The number of pyridine rings is 2. The number of hydrogen-bond donors (Lipinski definition) is 0. The summed E-state index contributed by atoms with van der Waals surface area (Å²) < 4.78 is 37.0. The molecule has 0 saturated carbocycles. The first-order chi connectivity index (χ1) is 52.0. The molecular formula is C95H68N8Pt2-2. The summed E-state index contributed by atoms with van der Waals surface area (Å²) in [6.45, 7) is 1.85. The number of hydrogen-bond acceptors (Lipinski definition) is 2. The van der Waals surface area contributed by atoms with Gasteiger partial charge in [-0.3, -0.25) is 0 Å². The summed E-state index contributed by atoms with van der Waals surface area (Å²) in [6.07, 6.45) is 7.58. The van der Waals surface area contributed by atoms with Gasteiger partial charge in [-0.25, -0.2) is 23.7 Å². The number of imidazole rings is 2. The predicted molar refractivity (Wildman–Crippen MR) is 419 cm³/mol. The molecule has 510 valence electrons. The zero-order valence-corrected chi connectivity index (χ0v) is 61.8. The van der Waals surface area contributed by atoms with Crippen LogP contribution in [0.3, 0.4) is 0 Å². The first-order valence-corrected chi connectivity index (χ1v) is 34.7. The number of rotatable bonds is 13. The van der Waals surface area contributed by atoms with Gasteiger partial charge in [0.25, 0.3) is 0 Å². The number of aromatic nitrogens is 8. The zero-order chi connectivity index (χ0) is 71.5. The average molecular weight is 1710 g/mol. The molecule has 0 unspecified atom stereocenters. The molecule has 0 radical (unpaired) electrons. The van der Waals surface area contributed by atoms with Crippen LogP contribution in [0.25, 0.3) is 94.4 Å². The van der Waals surface area contributed by atoms with E-state index in [9.17, 15) is 0 Å². The molecule has 0 fully saturated rings. The van der Waals surface area contributed by atoms with Crippen LogP contribution in [-0.4, -0.2) is 37.4 Å². The van der Waals surface area contributed by atoms with Crippen molar-refractivity contribution in [2.24, 2.45) is 6.98 Å². The van der Waals surface area contributed by atoms with Gasteiger partial charge in [-0.05, 0) is 119 Å². The molecule has 0 N–H and O–H groups in total. The largest absolute Gasteiger partial charge is 0.319 e. The first kappa shape index (κ1) is 64.0. The smallest absolute Gasteiger partial charge is 0.188 e. The third kappa shape index (κ3) is 11.6. The third-order valence-corrected chi connectivity index (χ3v) is 20.2. The van der Waals surface area contributed by atoms with Gasteiger partial charge in [0.2, 0.25) is 0 Å². The Balaban J connectivity index is 0.000000162. The zero-order valence-electron chi connectivity index (χ0n) is 60.3. The average Bonchev–Trinajstić information content (AvgIpc) is 1.39. The van der Waals surface area contributed by atoms with Crippen LogP contribution < -0.4 is 0 Å². The number of fused-ring (bicyclic) bond motifs is 8. The molecule has 0 amide bonds. The molecule has 105 heavy (non-hydrogen) atoms. The molecule has 0 bridgehead atoms. The fraction of sp³-hybridized carbons (Fsp3) is 0.0526. The minimum Gasteiger partial charge on any atom is -0.319 e. The van der Waals surface area contributed by atoms with Gasteiger partial charge in [-0.2, -0.15) is 65.2 Å². The maximum Gasteiger partial charge on any atom is 0.188 e. The molecule has 0 spiro atoms. The van der Waals surface area contributed by atoms with Crippen LogP contribution in [0.5, 0.6) is 0 Å². The summed E-state index contributed by atoms with van der Waals surface area (Å²) in [5, 5.41) is 4.52. The third-order valence-electron chi connectivity index (χ3n) is 20.2. The van der Waals surface area contributed by atoms with E-state index in [1.807, 2.05) is 77.6 Å². The van der Waals surface area contributed by atoms with Crippen molar-refractivity contribution in [3.8, 4) is 28.7 Å². The van der Waals surface area contributed by atoms with Crippen molar-refractivity contribution in [1.82, 2.24) is 37.4 Å². The van der Waals surface area contributed by atoms with E-state index < -0.39 is 17.8 Å². The standard InChI is InChI=1S/C50H35N4.C45H33N4.2Pt/c1-36-30-31-51-49(32-36)54-45-25-12-11-24-43(45)44-29-28-40(34-48(44)54)50(37-16-5-2-6-17-37,38-18-7-3-8-19-38)39-20-15-23-42(33-39)53-35-52(41-21-9-4-10-22-41)46-26-13-14-27-47(46)53;1-32-26-27-46-44(28-32)49-40-21-10-9-20-38(40)39-25-24-36(30-43(39)49)45(33-14-5-3-6-15-33,34-16-7-4-8-17-34)35-18-13-19-37(29-35)48-31-47(2)41-22-11-12-23-42(41)48;;/h2-32,35H,1H3;3-28,31H,1-2H3;;/q2*-1;;/i;2D3;;. The van der Waals surface area contributed by atoms with Crippen molar-refractivity contribution in [1.29, 1.82) is 0 Å². The Labute approximate surface area is 643 Å². The molecule has 0 saturated heterocycles. The molecule has 19 rings (SSSR count). The predicted octanol–water partition coefficient (Wildman–Crippen LogP) is 21.5. The van der Waals surface area contributed by atoms with Gasteiger partial charge in [-0.15, -0.1) is 51.2 Å². The van der Waals surface area contributed by atoms with E-state index in [-0.39, 0.29) is 42.1 Å². The fourth-order valence-electron chi connectivity index (χ4n) is 15.6. The Morgan fingerprint density at radius 1 is 0.314 bits per heavy atom. The van der Waals surface area contributed by atoms with E-state index in [0.29, 0.717) is 5.52 Å². The minimum absolute atomic E-state index is 0. The molecule has 0 aliphatic heterocycles. The van der Waals surface area contributed by atoms with Gasteiger partial charge in [0.05, 0.1) is 0 Å². The summed E-state index contributed by atoms with van der Waals surface area (Å²) >= 11 is 0. The maximum atomic E-state index is 8.27. The number of aryl methyl sites for hydroxylation is 3. The summed E-state index contributed by atoms with van der Waals surface area (Å²) in [5.41, 5.74) is 19.4. The van der Waals surface area contributed by atoms with Gasteiger partial charge in [0.1, 0.15) is 17.3 Å². The number of para-hydroxylation sites is 7. The van der Waals surface area contributed by atoms with Crippen molar-refractivity contribution >= 4 is 65.7 Å². The van der Waals surface area contributed by atoms with Crippen LogP contribution in [0, 0.1) is 38.1 Å². The van der Waals surface area contributed by atoms with Crippen molar-refractivity contribution in [2.45, 2.75) is 24.7 Å². The monoisotopic (exact) mass is 1710 g/mol. The van der Waals surface area contributed by atoms with E-state index in [2.05, 4.69) is 336 Å². The molecule has 6 heterocycles. The fourth-order valence-corrected chi connectivity index (χ4v) is 15.6. The quantitative estimate of drug-likeness (QED) is 0.0853. The first-order valence-electron chi connectivity index (χ1n) is 36.2.